The summed E-state index contributed by atoms with van der Waals surface area (Å²) in [5.74, 6) is 0.180. The van der Waals surface area contributed by atoms with Crippen LogP contribution in [-0.2, 0) is 7.05 Å². The second-order valence-electron chi connectivity index (χ2n) is 7.59. The van der Waals surface area contributed by atoms with Gasteiger partial charge in [-0.3, -0.25) is 14.3 Å². The van der Waals surface area contributed by atoms with Crippen molar-refractivity contribution >= 4 is 16.8 Å². The fourth-order valence-electron chi connectivity index (χ4n) is 4.20. The highest BCUT2D eigenvalue weighted by Crippen LogP contribution is 2.25. The Morgan fingerprint density at radius 1 is 1.19 bits per heavy atom. The number of piperidine rings is 1. The van der Waals surface area contributed by atoms with E-state index in [-0.39, 0.29) is 17.5 Å². The summed E-state index contributed by atoms with van der Waals surface area (Å²) in [6, 6.07) is 9.99. The van der Waals surface area contributed by atoms with Crippen molar-refractivity contribution in [2.24, 2.45) is 7.05 Å². The lowest BCUT2D eigenvalue weighted by Gasteiger charge is -2.32. The standard InChI is InChI=1S/C21H26N4O2/c1-14-12-17(15(2)23(14)3)20(26)13-24-10-8-16(9-11-24)25-19-7-5-4-6-18(19)22-21(25)27/h4-7,12,16H,8-11,13H2,1-3H3,(H,22,27). The molecule has 3 aromatic rings. The summed E-state index contributed by atoms with van der Waals surface area (Å²) in [6.07, 6.45) is 1.75. The maximum atomic E-state index is 12.7. The Morgan fingerprint density at radius 3 is 2.56 bits per heavy atom. The average Bonchev–Trinajstić information content (AvgIpc) is 3.13. The van der Waals surface area contributed by atoms with E-state index in [2.05, 4.69) is 14.5 Å². The molecule has 0 amide bonds. The van der Waals surface area contributed by atoms with Gasteiger partial charge in [-0.2, -0.15) is 0 Å². The SMILES string of the molecule is Cc1cc(C(=O)CN2CCC(n3c(=O)[nH]c4ccccc43)CC2)c(C)n1C. The number of aromatic nitrogens is 3. The molecule has 0 bridgehead atoms. The summed E-state index contributed by atoms with van der Waals surface area (Å²) in [5, 5.41) is 0. The molecule has 1 fully saturated rings. The van der Waals surface area contributed by atoms with Crippen LogP contribution in [-0.4, -0.2) is 44.4 Å². The number of benzene rings is 1. The van der Waals surface area contributed by atoms with Crippen molar-refractivity contribution < 1.29 is 4.79 Å². The van der Waals surface area contributed by atoms with Crippen molar-refractivity contribution in [1.29, 1.82) is 0 Å². The van der Waals surface area contributed by atoms with Crippen LogP contribution in [0.3, 0.4) is 0 Å². The number of aryl methyl sites for hydroxylation is 1. The second kappa shape index (κ2) is 6.85. The smallest absolute Gasteiger partial charge is 0.326 e. The fourth-order valence-corrected chi connectivity index (χ4v) is 4.20. The van der Waals surface area contributed by atoms with E-state index in [0.717, 1.165) is 53.9 Å². The molecule has 6 heteroatoms. The summed E-state index contributed by atoms with van der Waals surface area (Å²) >= 11 is 0. The number of likely N-dealkylation sites (tertiary alicyclic amines) is 1. The molecule has 0 atom stereocenters. The highest BCUT2D eigenvalue weighted by atomic mass is 16.1. The largest absolute Gasteiger partial charge is 0.351 e. The van der Waals surface area contributed by atoms with E-state index in [0.29, 0.717) is 6.54 Å². The minimum absolute atomic E-state index is 0.0406. The maximum Gasteiger partial charge on any atom is 0.326 e. The van der Waals surface area contributed by atoms with Crippen molar-refractivity contribution in [2.75, 3.05) is 19.6 Å². The molecule has 1 N–H and O–H groups in total. The van der Waals surface area contributed by atoms with E-state index in [9.17, 15) is 9.59 Å². The van der Waals surface area contributed by atoms with Crippen LogP contribution in [0.5, 0.6) is 0 Å². The lowest BCUT2D eigenvalue weighted by molar-refractivity contribution is 0.0897. The number of imidazole rings is 1. The van der Waals surface area contributed by atoms with Gasteiger partial charge in [0.1, 0.15) is 0 Å². The number of hydrogen-bond acceptors (Lipinski definition) is 3. The summed E-state index contributed by atoms with van der Waals surface area (Å²) in [6.45, 7) is 6.12. The molecule has 0 radical (unpaired) electrons. The van der Waals surface area contributed by atoms with Gasteiger partial charge in [0.25, 0.3) is 0 Å². The molecule has 1 aromatic carbocycles. The third-order valence-corrected chi connectivity index (χ3v) is 5.99. The van der Waals surface area contributed by atoms with Gasteiger partial charge in [0.15, 0.2) is 5.78 Å². The molecule has 0 unspecified atom stereocenters. The summed E-state index contributed by atoms with van der Waals surface area (Å²) in [4.78, 5) is 30.3. The van der Waals surface area contributed by atoms with Crippen molar-refractivity contribution in [1.82, 2.24) is 19.0 Å². The second-order valence-corrected chi connectivity index (χ2v) is 7.59. The van der Waals surface area contributed by atoms with Crippen LogP contribution in [0, 0.1) is 13.8 Å². The first-order valence-corrected chi connectivity index (χ1v) is 9.53. The van der Waals surface area contributed by atoms with Crippen molar-refractivity contribution in [3.63, 3.8) is 0 Å². The highest BCUT2D eigenvalue weighted by molar-refractivity contribution is 5.99. The van der Waals surface area contributed by atoms with Gasteiger partial charge >= 0.3 is 5.69 Å². The summed E-state index contributed by atoms with van der Waals surface area (Å²) < 4.78 is 3.95. The zero-order valence-electron chi connectivity index (χ0n) is 16.2. The van der Waals surface area contributed by atoms with Gasteiger partial charge in [0, 0.05) is 43.1 Å². The van der Waals surface area contributed by atoms with Crippen molar-refractivity contribution in [2.45, 2.75) is 32.7 Å². The first-order valence-electron chi connectivity index (χ1n) is 9.53. The number of Topliss-reactive ketones (excluding diaryl/α,β-unsaturated/α-hetero) is 1. The number of aromatic amines is 1. The quantitative estimate of drug-likeness (QED) is 0.722. The predicted molar refractivity (Wildman–Crippen MR) is 106 cm³/mol. The van der Waals surface area contributed by atoms with Gasteiger partial charge in [0.05, 0.1) is 17.6 Å². The number of carbonyl (C=O) groups is 1. The molecule has 1 saturated heterocycles. The number of ketones is 1. The lowest BCUT2D eigenvalue weighted by Crippen LogP contribution is -2.39. The van der Waals surface area contributed by atoms with Crippen LogP contribution in [0.15, 0.2) is 35.1 Å². The Kier molecular flexibility index (Phi) is 4.52. The molecule has 0 spiro atoms. The molecule has 0 aliphatic carbocycles. The van der Waals surface area contributed by atoms with E-state index in [4.69, 9.17) is 0 Å². The van der Waals surface area contributed by atoms with Crippen molar-refractivity contribution in [3.05, 3.63) is 57.8 Å². The van der Waals surface area contributed by atoms with Crippen LogP contribution in [0.25, 0.3) is 11.0 Å². The number of rotatable bonds is 4. The van der Waals surface area contributed by atoms with Gasteiger partial charge in [-0.05, 0) is 44.9 Å². The minimum atomic E-state index is -0.0406. The average molecular weight is 366 g/mol. The van der Waals surface area contributed by atoms with E-state index in [1.165, 1.54) is 0 Å². The third kappa shape index (κ3) is 3.14. The molecule has 1 aliphatic rings. The molecule has 6 nitrogen and oxygen atoms in total. The molecule has 4 rings (SSSR count). The summed E-state index contributed by atoms with van der Waals surface area (Å²) in [7, 11) is 1.99. The van der Waals surface area contributed by atoms with Crippen LogP contribution in [0.2, 0.25) is 0 Å². The van der Waals surface area contributed by atoms with Crippen LogP contribution >= 0.6 is 0 Å². The first-order chi connectivity index (χ1) is 13.0. The van der Waals surface area contributed by atoms with Gasteiger partial charge in [-0.15, -0.1) is 0 Å². The van der Waals surface area contributed by atoms with Gasteiger partial charge < -0.3 is 9.55 Å². The Labute approximate surface area is 158 Å². The van der Waals surface area contributed by atoms with Gasteiger partial charge in [0.2, 0.25) is 0 Å². The Bertz CT molecular complexity index is 1050. The van der Waals surface area contributed by atoms with Crippen molar-refractivity contribution in [3.8, 4) is 0 Å². The molecule has 0 saturated carbocycles. The Balaban J connectivity index is 1.44. The zero-order chi connectivity index (χ0) is 19.1. The molecule has 3 heterocycles. The lowest BCUT2D eigenvalue weighted by atomic mass is 10.0. The zero-order valence-corrected chi connectivity index (χ0v) is 16.2. The molecule has 2 aromatic heterocycles. The molecular formula is C21H26N4O2. The van der Waals surface area contributed by atoms with Crippen LogP contribution in [0.1, 0.15) is 40.6 Å². The highest BCUT2D eigenvalue weighted by Gasteiger charge is 2.25. The molecule has 142 valence electrons. The summed E-state index contributed by atoms with van der Waals surface area (Å²) in [5.41, 5.74) is 4.76. The van der Waals surface area contributed by atoms with Crippen LogP contribution < -0.4 is 5.69 Å². The molecule has 27 heavy (non-hydrogen) atoms. The topological polar surface area (TPSA) is 63.0 Å². The normalized spacial score (nSPS) is 16.3. The predicted octanol–water partition coefficient (Wildman–Crippen LogP) is 2.80. The number of nitrogens with zero attached hydrogens (tertiary/aromatic N) is 3. The number of para-hydroxylation sites is 2. The number of hydrogen-bond donors (Lipinski definition) is 1. The third-order valence-electron chi connectivity index (χ3n) is 5.99. The Morgan fingerprint density at radius 2 is 1.89 bits per heavy atom. The maximum absolute atomic E-state index is 12.7. The number of carbonyl (C=O) groups excluding carboxylic acids is 1. The number of H-pyrrole nitrogens is 1. The molecule has 1 aliphatic heterocycles. The van der Waals surface area contributed by atoms with Crippen LogP contribution in [0.4, 0.5) is 0 Å². The van der Waals surface area contributed by atoms with Gasteiger partial charge in [-0.1, -0.05) is 12.1 Å². The van der Waals surface area contributed by atoms with E-state index in [1.54, 1.807) is 0 Å². The molecular weight excluding hydrogens is 340 g/mol. The number of fused-ring (bicyclic) bond motifs is 1. The Hall–Kier alpha value is -2.60. The monoisotopic (exact) mass is 366 g/mol. The minimum Gasteiger partial charge on any atom is -0.351 e. The van der Waals surface area contributed by atoms with E-state index in [1.807, 2.05) is 55.8 Å². The first kappa shape index (κ1) is 17.8. The number of nitrogens with one attached hydrogen (secondary N) is 1. The van der Waals surface area contributed by atoms with E-state index >= 15 is 0 Å². The fraction of sp³-hybridized carbons (Fsp3) is 0.429. The van der Waals surface area contributed by atoms with Gasteiger partial charge in [-0.25, -0.2) is 4.79 Å². The van der Waals surface area contributed by atoms with E-state index < -0.39 is 0 Å².